The van der Waals surface area contributed by atoms with Gasteiger partial charge in [-0.15, -0.1) is 0 Å². The van der Waals surface area contributed by atoms with E-state index < -0.39 is 5.63 Å². The molecule has 0 saturated carbocycles. The predicted octanol–water partition coefficient (Wildman–Crippen LogP) is 1.58. The fourth-order valence-corrected chi connectivity index (χ4v) is 3.02. The molecule has 1 aromatic heterocycles. The number of fused-ring (bicyclic) bond motifs is 1. The Morgan fingerprint density at radius 3 is 2.83 bits per heavy atom. The molecule has 2 rings (SSSR count). The third kappa shape index (κ3) is 4.30. The molecule has 2 aromatic rings. The van der Waals surface area contributed by atoms with E-state index in [-0.39, 0.29) is 41.9 Å². The summed E-state index contributed by atoms with van der Waals surface area (Å²) in [7, 11) is 0. The summed E-state index contributed by atoms with van der Waals surface area (Å²) in [6.45, 7) is 1.60. The van der Waals surface area contributed by atoms with Gasteiger partial charge in [0.25, 0.3) is 0 Å². The Kier molecular flexibility index (Phi) is 6.28. The van der Waals surface area contributed by atoms with Crippen molar-refractivity contribution in [2.24, 2.45) is 0 Å². The molecule has 7 heteroatoms. The Balaban J connectivity index is 2.21. The largest absolute Gasteiger partial charge is 0.508 e. The Morgan fingerprint density at radius 2 is 2.17 bits per heavy atom. The van der Waals surface area contributed by atoms with E-state index in [1.165, 1.54) is 12.1 Å². The zero-order chi connectivity index (χ0) is 17.7. The highest BCUT2D eigenvalue weighted by Crippen LogP contribution is 2.23. The van der Waals surface area contributed by atoms with Crippen molar-refractivity contribution < 1.29 is 19.4 Å². The van der Waals surface area contributed by atoms with Crippen molar-refractivity contribution in [3.63, 3.8) is 0 Å². The number of phenolic OH excluding ortho intramolecular Hbond substituents is 1. The van der Waals surface area contributed by atoms with Gasteiger partial charge in [0.2, 0.25) is 5.91 Å². The maximum absolute atomic E-state index is 12.2. The summed E-state index contributed by atoms with van der Waals surface area (Å²) in [5, 5.41) is 22.2. The zero-order valence-electron chi connectivity index (χ0n) is 13.7. The van der Waals surface area contributed by atoms with Gasteiger partial charge in [0.15, 0.2) is 0 Å². The van der Waals surface area contributed by atoms with Crippen LogP contribution in [0.25, 0.3) is 11.0 Å². The number of carbonyl (C=O) groups excluding carboxylic acids is 1. The van der Waals surface area contributed by atoms with E-state index in [0.717, 1.165) is 5.75 Å². The first-order valence-corrected chi connectivity index (χ1v) is 9.00. The van der Waals surface area contributed by atoms with E-state index in [1.807, 2.05) is 6.26 Å². The highest BCUT2D eigenvalue weighted by Gasteiger charge is 2.17. The van der Waals surface area contributed by atoms with Crippen LogP contribution in [0.2, 0.25) is 0 Å². The van der Waals surface area contributed by atoms with Crippen LogP contribution in [0.1, 0.15) is 17.5 Å². The van der Waals surface area contributed by atoms with Crippen molar-refractivity contribution in [3.8, 4) is 5.75 Å². The Labute approximate surface area is 143 Å². The first kappa shape index (κ1) is 18.4. The van der Waals surface area contributed by atoms with Gasteiger partial charge in [-0.1, -0.05) is 0 Å². The molecule has 1 atom stereocenters. The van der Waals surface area contributed by atoms with Crippen molar-refractivity contribution in [2.45, 2.75) is 25.8 Å². The monoisotopic (exact) mass is 351 g/mol. The molecule has 130 valence electrons. The van der Waals surface area contributed by atoms with Crippen molar-refractivity contribution >= 4 is 28.6 Å². The lowest BCUT2D eigenvalue weighted by Gasteiger charge is -2.16. The molecule has 1 heterocycles. The van der Waals surface area contributed by atoms with Gasteiger partial charge in [-0.05, 0) is 43.0 Å². The van der Waals surface area contributed by atoms with Crippen LogP contribution in [0.4, 0.5) is 0 Å². The number of benzene rings is 1. The van der Waals surface area contributed by atoms with Gasteiger partial charge in [0, 0.05) is 11.5 Å². The third-order valence-electron chi connectivity index (χ3n) is 3.86. The third-order valence-corrected chi connectivity index (χ3v) is 4.51. The smallest absolute Gasteiger partial charge is 0.340 e. The number of aliphatic hydroxyl groups is 1. The summed E-state index contributed by atoms with van der Waals surface area (Å²) in [6.07, 6.45) is 2.51. The fourth-order valence-electron chi connectivity index (χ4n) is 2.50. The number of aliphatic hydroxyl groups excluding tert-OH is 1. The zero-order valence-corrected chi connectivity index (χ0v) is 14.5. The number of aromatic hydroxyl groups is 1. The number of phenols is 1. The first-order chi connectivity index (χ1) is 11.5. The molecule has 0 aliphatic carbocycles. The molecule has 0 radical (unpaired) electrons. The molecule has 1 amide bonds. The van der Waals surface area contributed by atoms with E-state index in [0.29, 0.717) is 17.4 Å². The molecule has 0 unspecified atom stereocenters. The van der Waals surface area contributed by atoms with Crippen molar-refractivity contribution in [1.82, 2.24) is 5.32 Å². The van der Waals surface area contributed by atoms with Crippen molar-refractivity contribution in [3.05, 3.63) is 39.7 Å². The Bertz CT molecular complexity index is 786. The second-order valence-electron chi connectivity index (χ2n) is 5.58. The van der Waals surface area contributed by atoms with Gasteiger partial charge in [-0.2, -0.15) is 11.8 Å². The van der Waals surface area contributed by atoms with Crippen molar-refractivity contribution in [1.29, 1.82) is 0 Å². The molecule has 0 bridgehead atoms. The number of hydrogen-bond donors (Lipinski definition) is 3. The second kappa shape index (κ2) is 8.21. The summed E-state index contributed by atoms with van der Waals surface area (Å²) in [5.74, 6) is 0.505. The van der Waals surface area contributed by atoms with Gasteiger partial charge < -0.3 is 19.9 Å². The standard InChI is InChI=1S/C17H21NO5S/c1-10-13-4-3-12(20)7-15(13)23-17(22)14(10)8-16(21)18-11(9-19)5-6-24-2/h3-4,7,11,19-20H,5-6,8-9H2,1-2H3,(H,18,21)/t11-/m0/s1. The van der Waals surface area contributed by atoms with Crippen LogP contribution < -0.4 is 10.9 Å². The Morgan fingerprint density at radius 1 is 1.42 bits per heavy atom. The van der Waals surface area contributed by atoms with Crippen LogP contribution in [-0.2, 0) is 11.2 Å². The van der Waals surface area contributed by atoms with Crippen LogP contribution in [0, 0.1) is 6.92 Å². The number of carbonyl (C=O) groups is 1. The van der Waals surface area contributed by atoms with E-state index in [2.05, 4.69) is 5.32 Å². The lowest BCUT2D eigenvalue weighted by molar-refractivity contribution is -0.121. The molecular formula is C17H21NO5S. The van der Waals surface area contributed by atoms with Crippen LogP contribution >= 0.6 is 11.8 Å². The molecule has 0 spiro atoms. The normalized spacial score (nSPS) is 12.3. The Hall–Kier alpha value is -1.99. The van der Waals surface area contributed by atoms with Crippen LogP contribution in [0.5, 0.6) is 5.75 Å². The number of amides is 1. The molecule has 0 aliphatic rings. The van der Waals surface area contributed by atoms with E-state index >= 15 is 0 Å². The summed E-state index contributed by atoms with van der Waals surface area (Å²) >= 11 is 1.64. The molecule has 3 N–H and O–H groups in total. The molecule has 1 aromatic carbocycles. The van der Waals surface area contributed by atoms with Gasteiger partial charge in [-0.25, -0.2) is 4.79 Å². The minimum Gasteiger partial charge on any atom is -0.508 e. The minimum absolute atomic E-state index is 0.00937. The predicted molar refractivity (Wildman–Crippen MR) is 94.6 cm³/mol. The van der Waals surface area contributed by atoms with Gasteiger partial charge >= 0.3 is 5.63 Å². The van der Waals surface area contributed by atoms with Crippen LogP contribution in [-0.4, -0.2) is 40.8 Å². The first-order valence-electron chi connectivity index (χ1n) is 7.60. The lowest BCUT2D eigenvalue weighted by Crippen LogP contribution is -2.39. The molecule has 0 aliphatic heterocycles. The molecule has 0 fully saturated rings. The van der Waals surface area contributed by atoms with E-state index in [4.69, 9.17) is 4.42 Å². The topological polar surface area (TPSA) is 99.8 Å². The molecule has 24 heavy (non-hydrogen) atoms. The molecular weight excluding hydrogens is 330 g/mol. The average Bonchev–Trinajstić information content (AvgIpc) is 2.55. The number of rotatable bonds is 7. The number of aryl methyl sites for hydroxylation is 1. The highest BCUT2D eigenvalue weighted by atomic mass is 32.2. The average molecular weight is 351 g/mol. The van der Waals surface area contributed by atoms with Crippen LogP contribution in [0.15, 0.2) is 27.4 Å². The van der Waals surface area contributed by atoms with Gasteiger partial charge in [0.05, 0.1) is 24.6 Å². The summed E-state index contributed by atoms with van der Waals surface area (Å²) < 4.78 is 5.20. The minimum atomic E-state index is -0.592. The summed E-state index contributed by atoms with van der Waals surface area (Å²) in [4.78, 5) is 24.3. The summed E-state index contributed by atoms with van der Waals surface area (Å²) in [6, 6.07) is 4.20. The van der Waals surface area contributed by atoms with Gasteiger partial charge in [-0.3, -0.25) is 4.79 Å². The van der Waals surface area contributed by atoms with Crippen LogP contribution in [0.3, 0.4) is 0 Å². The number of nitrogens with one attached hydrogen (secondary N) is 1. The van der Waals surface area contributed by atoms with Gasteiger partial charge in [0.1, 0.15) is 11.3 Å². The second-order valence-corrected chi connectivity index (χ2v) is 6.56. The maximum Gasteiger partial charge on any atom is 0.340 e. The highest BCUT2D eigenvalue weighted by molar-refractivity contribution is 7.98. The quantitative estimate of drug-likeness (QED) is 0.655. The van der Waals surface area contributed by atoms with Crippen molar-refractivity contribution in [2.75, 3.05) is 18.6 Å². The number of thioether (sulfide) groups is 1. The SMILES string of the molecule is CSCC[C@@H](CO)NC(=O)Cc1c(C)c2ccc(O)cc2oc1=O. The van der Waals surface area contributed by atoms with E-state index in [1.54, 1.807) is 24.8 Å². The summed E-state index contributed by atoms with van der Waals surface area (Å²) in [5.41, 5.74) is 0.633. The number of hydrogen-bond acceptors (Lipinski definition) is 6. The fraction of sp³-hybridized carbons (Fsp3) is 0.412. The lowest BCUT2D eigenvalue weighted by atomic mass is 10.0. The maximum atomic E-state index is 12.2. The molecule has 6 nitrogen and oxygen atoms in total. The molecule has 0 saturated heterocycles. The van der Waals surface area contributed by atoms with E-state index in [9.17, 15) is 19.8 Å².